The summed E-state index contributed by atoms with van der Waals surface area (Å²) >= 11 is 1.61. The quantitative estimate of drug-likeness (QED) is 0.677. The average Bonchev–Trinajstić information content (AvgIpc) is 2.31. The first-order valence-corrected chi connectivity index (χ1v) is 6.84. The number of thioether (sulfide) groups is 1. The SMILES string of the molecule is CSCC[C@H]([NH2+]Cc1ccccc1O)C(=O)[O-]. The Bertz CT molecular complexity index is 371. The molecule has 0 aromatic heterocycles. The summed E-state index contributed by atoms with van der Waals surface area (Å²) in [7, 11) is 0. The number of aromatic hydroxyl groups is 1. The van der Waals surface area contributed by atoms with Gasteiger partial charge in [0.15, 0.2) is 0 Å². The summed E-state index contributed by atoms with van der Waals surface area (Å²) in [4.78, 5) is 10.9. The Kier molecular flexibility index (Phi) is 5.86. The lowest BCUT2D eigenvalue weighted by atomic mass is 10.1. The van der Waals surface area contributed by atoms with Crippen LogP contribution in [0.2, 0.25) is 0 Å². The molecule has 0 aliphatic rings. The maximum Gasteiger partial charge on any atom is 0.127 e. The first kappa shape index (κ1) is 13.9. The molecule has 0 aliphatic heterocycles. The molecule has 17 heavy (non-hydrogen) atoms. The highest BCUT2D eigenvalue weighted by molar-refractivity contribution is 7.98. The van der Waals surface area contributed by atoms with E-state index >= 15 is 0 Å². The Balaban J connectivity index is 2.52. The highest BCUT2D eigenvalue weighted by atomic mass is 32.2. The Hall–Kier alpha value is -1.20. The van der Waals surface area contributed by atoms with E-state index in [1.165, 1.54) is 0 Å². The topological polar surface area (TPSA) is 77.0 Å². The molecule has 5 heteroatoms. The van der Waals surface area contributed by atoms with Crippen molar-refractivity contribution in [2.45, 2.75) is 19.0 Å². The van der Waals surface area contributed by atoms with Gasteiger partial charge in [0.25, 0.3) is 0 Å². The average molecular weight is 255 g/mol. The smallest absolute Gasteiger partial charge is 0.127 e. The lowest BCUT2D eigenvalue weighted by Gasteiger charge is -2.16. The molecule has 0 fully saturated rings. The summed E-state index contributed by atoms with van der Waals surface area (Å²) in [5.41, 5.74) is 0.739. The predicted octanol–water partition coefficient (Wildman–Crippen LogP) is -0.673. The predicted molar refractivity (Wildman–Crippen MR) is 65.5 cm³/mol. The molecule has 3 N–H and O–H groups in total. The van der Waals surface area contributed by atoms with Crippen LogP contribution in [0.4, 0.5) is 0 Å². The normalized spacial score (nSPS) is 12.3. The van der Waals surface area contributed by atoms with Crippen LogP contribution in [-0.4, -0.2) is 29.1 Å². The standard InChI is InChI=1S/C12H17NO3S/c1-17-7-6-10(12(15)16)13-8-9-4-2-3-5-11(9)14/h2-5,10,13-14H,6-8H2,1H3,(H,15,16)/t10-/m0/s1. The van der Waals surface area contributed by atoms with Gasteiger partial charge in [-0.2, -0.15) is 11.8 Å². The van der Waals surface area contributed by atoms with E-state index in [0.29, 0.717) is 13.0 Å². The van der Waals surface area contributed by atoms with Gasteiger partial charge < -0.3 is 20.3 Å². The lowest BCUT2D eigenvalue weighted by Crippen LogP contribution is -2.91. The van der Waals surface area contributed by atoms with E-state index in [0.717, 1.165) is 11.3 Å². The minimum Gasteiger partial charge on any atom is -0.544 e. The van der Waals surface area contributed by atoms with Gasteiger partial charge in [0.05, 0.1) is 5.97 Å². The minimum absolute atomic E-state index is 0.200. The molecule has 0 saturated carbocycles. The maximum absolute atomic E-state index is 10.9. The van der Waals surface area contributed by atoms with Crippen LogP contribution in [0.3, 0.4) is 0 Å². The third-order valence-electron chi connectivity index (χ3n) is 2.55. The van der Waals surface area contributed by atoms with Crippen LogP contribution < -0.4 is 10.4 Å². The van der Waals surface area contributed by atoms with Crippen LogP contribution in [0.15, 0.2) is 24.3 Å². The third-order valence-corrected chi connectivity index (χ3v) is 3.19. The number of hydrogen-bond acceptors (Lipinski definition) is 4. The van der Waals surface area contributed by atoms with Gasteiger partial charge in [-0.15, -0.1) is 0 Å². The van der Waals surface area contributed by atoms with Crippen molar-refractivity contribution in [1.29, 1.82) is 0 Å². The molecule has 1 aromatic carbocycles. The number of rotatable bonds is 7. The molecule has 0 radical (unpaired) electrons. The van der Waals surface area contributed by atoms with Crippen molar-refractivity contribution < 1.29 is 20.3 Å². The van der Waals surface area contributed by atoms with Crippen molar-refractivity contribution in [1.82, 2.24) is 0 Å². The Morgan fingerprint density at radius 3 is 2.82 bits per heavy atom. The number of carbonyl (C=O) groups is 1. The fourth-order valence-electron chi connectivity index (χ4n) is 1.53. The van der Waals surface area contributed by atoms with Crippen molar-refractivity contribution in [3.8, 4) is 5.75 Å². The minimum atomic E-state index is -1.05. The van der Waals surface area contributed by atoms with E-state index < -0.39 is 12.0 Å². The molecular formula is C12H17NO3S. The molecule has 1 aromatic rings. The molecule has 0 bridgehead atoms. The number of aliphatic carboxylic acids is 1. The Morgan fingerprint density at radius 2 is 2.24 bits per heavy atom. The van der Waals surface area contributed by atoms with Crippen LogP contribution >= 0.6 is 11.8 Å². The fraction of sp³-hybridized carbons (Fsp3) is 0.417. The van der Waals surface area contributed by atoms with E-state index in [-0.39, 0.29) is 5.75 Å². The van der Waals surface area contributed by atoms with Gasteiger partial charge in [-0.05, 0) is 24.1 Å². The fourth-order valence-corrected chi connectivity index (χ4v) is 2.02. The number of benzene rings is 1. The summed E-state index contributed by atoms with van der Waals surface area (Å²) in [5, 5.41) is 22.1. The highest BCUT2D eigenvalue weighted by Gasteiger charge is 2.13. The molecule has 0 heterocycles. The van der Waals surface area contributed by atoms with Crippen molar-refractivity contribution in [3.63, 3.8) is 0 Å². The summed E-state index contributed by atoms with van der Waals surface area (Å²) in [6.07, 6.45) is 2.51. The van der Waals surface area contributed by atoms with Crippen LogP contribution in [-0.2, 0) is 11.3 Å². The molecule has 1 atom stereocenters. The molecule has 0 amide bonds. The number of phenols is 1. The van der Waals surface area contributed by atoms with Crippen LogP contribution in [0.1, 0.15) is 12.0 Å². The van der Waals surface area contributed by atoms with Gasteiger partial charge in [-0.25, -0.2) is 0 Å². The van der Waals surface area contributed by atoms with E-state index in [2.05, 4.69) is 0 Å². The second-order valence-corrected chi connectivity index (χ2v) is 4.76. The summed E-state index contributed by atoms with van der Waals surface area (Å²) in [6.45, 7) is 0.444. The maximum atomic E-state index is 10.9. The Labute approximate surface area is 105 Å². The van der Waals surface area contributed by atoms with Gasteiger partial charge >= 0.3 is 0 Å². The van der Waals surface area contributed by atoms with E-state index in [1.54, 1.807) is 35.3 Å². The number of carboxylic acids is 1. The molecule has 0 saturated heterocycles. The van der Waals surface area contributed by atoms with Gasteiger partial charge in [-0.3, -0.25) is 0 Å². The lowest BCUT2D eigenvalue weighted by molar-refractivity contribution is -0.698. The Morgan fingerprint density at radius 1 is 1.53 bits per heavy atom. The van der Waals surface area contributed by atoms with Crippen molar-refractivity contribution in [2.75, 3.05) is 12.0 Å². The zero-order valence-electron chi connectivity index (χ0n) is 9.76. The van der Waals surface area contributed by atoms with Crippen LogP contribution in [0.5, 0.6) is 5.75 Å². The first-order valence-electron chi connectivity index (χ1n) is 5.45. The van der Waals surface area contributed by atoms with Gasteiger partial charge in [0.2, 0.25) is 0 Å². The molecule has 0 spiro atoms. The van der Waals surface area contributed by atoms with Crippen LogP contribution in [0.25, 0.3) is 0 Å². The molecule has 0 unspecified atom stereocenters. The van der Waals surface area contributed by atoms with Gasteiger partial charge in [0, 0.05) is 12.0 Å². The van der Waals surface area contributed by atoms with Crippen molar-refractivity contribution >= 4 is 17.7 Å². The number of para-hydroxylation sites is 1. The van der Waals surface area contributed by atoms with E-state index in [1.807, 2.05) is 12.3 Å². The molecular weight excluding hydrogens is 238 g/mol. The van der Waals surface area contributed by atoms with Gasteiger partial charge in [0.1, 0.15) is 18.3 Å². The highest BCUT2D eigenvalue weighted by Crippen LogP contribution is 2.13. The summed E-state index contributed by atoms with van der Waals surface area (Å²) in [5.74, 6) is -0.0594. The largest absolute Gasteiger partial charge is 0.544 e. The number of carbonyl (C=O) groups excluding carboxylic acids is 1. The van der Waals surface area contributed by atoms with Gasteiger partial charge in [-0.1, -0.05) is 12.1 Å². The molecule has 1 rings (SSSR count). The van der Waals surface area contributed by atoms with Crippen molar-refractivity contribution in [2.24, 2.45) is 0 Å². The number of hydrogen-bond donors (Lipinski definition) is 2. The van der Waals surface area contributed by atoms with Crippen molar-refractivity contribution in [3.05, 3.63) is 29.8 Å². The number of carboxylic acid groups (broad SMARTS) is 1. The first-order chi connectivity index (χ1) is 8.15. The number of nitrogens with two attached hydrogens (primary N) is 1. The zero-order chi connectivity index (χ0) is 12.7. The molecule has 4 nitrogen and oxygen atoms in total. The molecule has 94 valence electrons. The number of quaternary nitrogens is 1. The van der Waals surface area contributed by atoms with Crippen LogP contribution in [0, 0.1) is 0 Å². The molecule has 0 aliphatic carbocycles. The second-order valence-electron chi connectivity index (χ2n) is 3.78. The monoisotopic (exact) mass is 255 g/mol. The van der Waals surface area contributed by atoms with E-state index in [4.69, 9.17) is 0 Å². The summed E-state index contributed by atoms with van der Waals surface area (Å²) < 4.78 is 0. The second kappa shape index (κ2) is 7.19. The van der Waals surface area contributed by atoms with E-state index in [9.17, 15) is 15.0 Å². The summed E-state index contributed by atoms with van der Waals surface area (Å²) in [6, 6.07) is 6.38. The zero-order valence-corrected chi connectivity index (χ0v) is 10.6. The number of phenolic OH excluding ortho intramolecular Hbond substituents is 1. The third kappa shape index (κ3) is 4.66.